The molecular formula is C28H42O. The van der Waals surface area contributed by atoms with Gasteiger partial charge >= 0.3 is 0 Å². The number of fused-ring (bicyclic) bond motifs is 4. The molecule has 1 heteroatoms. The van der Waals surface area contributed by atoms with Crippen molar-refractivity contribution in [2.75, 3.05) is 0 Å². The molecule has 0 aromatic heterocycles. The normalized spacial score (nSPS) is 38.2. The van der Waals surface area contributed by atoms with Gasteiger partial charge in [0.25, 0.3) is 0 Å². The molecule has 0 amide bonds. The number of aliphatic hydroxyl groups excluding tert-OH is 1. The highest BCUT2D eigenvalue weighted by molar-refractivity contribution is 5.50. The summed E-state index contributed by atoms with van der Waals surface area (Å²) in [5, 5.41) is 10.0. The first-order valence-corrected chi connectivity index (χ1v) is 12.2. The van der Waals surface area contributed by atoms with Crippen LogP contribution in [-0.2, 0) is 0 Å². The predicted molar refractivity (Wildman–Crippen MR) is 124 cm³/mol. The third kappa shape index (κ3) is 3.37. The topological polar surface area (TPSA) is 20.2 Å². The van der Waals surface area contributed by atoms with Gasteiger partial charge in [-0.3, -0.25) is 0 Å². The van der Waals surface area contributed by atoms with E-state index in [1.807, 2.05) is 12.2 Å². The van der Waals surface area contributed by atoms with E-state index in [2.05, 4.69) is 53.7 Å². The minimum absolute atomic E-state index is 0.168. The van der Waals surface area contributed by atoms with Gasteiger partial charge in [-0.1, -0.05) is 72.1 Å². The largest absolute Gasteiger partial charge is 0.508 e. The third-order valence-electron chi connectivity index (χ3n) is 9.70. The Morgan fingerprint density at radius 1 is 1.03 bits per heavy atom. The molecule has 0 spiro atoms. The van der Waals surface area contributed by atoms with E-state index in [-0.39, 0.29) is 5.41 Å². The summed E-state index contributed by atoms with van der Waals surface area (Å²) in [6.07, 6.45) is 17.8. The van der Waals surface area contributed by atoms with E-state index in [9.17, 15) is 5.11 Å². The van der Waals surface area contributed by atoms with Crippen molar-refractivity contribution in [1.29, 1.82) is 0 Å². The van der Waals surface area contributed by atoms with Gasteiger partial charge in [0, 0.05) is 5.41 Å². The van der Waals surface area contributed by atoms with E-state index in [1.54, 1.807) is 11.1 Å². The monoisotopic (exact) mass is 394 g/mol. The summed E-state index contributed by atoms with van der Waals surface area (Å²) in [6, 6.07) is 0. The highest BCUT2D eigenvalue weighted by Gasteiger charge is 2.52. The molecule has 0 saturated heterocycles. The molecule has 0 bridgehead atoms. The molecule has 160 valence electrons. The lowest BCUT2D eigenvalue weighted by molar-refractivity contribution is 0.128. The Bertz CT molecular complexity index is 778. The van der Waals surface area contributed by atoms with Crippen molar-refractivity contribution in [3.8, 4) is 0 Å². The lowest BCUT2D eigenvalue weighted by Crippen LogP contribution is -2.40. The second-order valence-electron chi connectivity index (χ2n) is 11.5. The highest BCUT2D eigenvalue weighted by Crippen LogP contribution is 2.63. The van der Waals surface area contributed by atoms with Crippen LogP contribution < -0.4 is 0 Å². The van der Waals surface area contributed by atoms with Crippen LogP contribution in [0.15, 0.2) is 46.8 Å². The number of aliphatic hydroxyl groups is 1. The quantitative estimate of drug-likeness (QED) is 0.498. The van der Waals surface area contributed by atoms with Gasteiger partial charge in [-0.15, -0.1) is 0 Å². The number of hydrogen-bond acceptors (Lipinski definition) is 1. The first-order valence-electron chi connectivity index (χ1n) is 12.2. The first-order chi connectivity index (χ1) is 13.7. The van der Waals surface area contributed by atoms with Gasteiger partial charge in [0.15, 0.2) is 0 Å². The van der Waals surface area contributed by atoms with Crippen molar-refractivity contribution in [3.05, 3.63) is 46.8 Å². The van der Waals surface area contributed by atoms with Crippen LogP contribution in [0.1, 0.15) is 86.5 Å². The van der Waals surface area contributed by atoms with E-state index in [0.29, 0.717) is 17.1 Å². The van der Waals surface area contributed by atoms with Gasteiger partial charge < -0.3 is 5.11 Å². The Morgan fingerprint density at radius 2 is 1.79 bits per heavy atom. The molecule has 1 nitrogen and oxygen atoms in total. The number of allylic oxidation sites excluding steroid dienone is 7. The molecule has 4 rings (SSSR count). The second-order valence-corrected chi connectivity index (χ2v) is 11.5. The molecule has 0 aliphatic heterocycles. The van der Waals surface area contributed by atoms with Crippen LogP contribution in [0, 0.1) is 40.4 Å². The van der Waals surface area contributed by atoms with Crippen LogP contribution >= 0.6 is 0 Å². The van der Waals surface area contributed by atoms with Crippen LogP contribution in [0.25, 0.3) is 0 Å². The molecule has 0 unspecified atom stereocenters. The van der Waals surface area contributed by atoms with Crippen molar-refractivity contribution < 1.29 is 5.11 Å². The van der Waals surface area contributed by atoms with Gasteiger partial charge in [0.1, 0.15) is 5.76 Å². The van der Waals surface area contributed by atoms with Gasteiger partial charge in [-0.2, -0.15) is 0 Å². The van der Waals surface area contributed by atoms with Crippen molar-refractivity contribution in [3.63, 3.8) is 0 Å². The zero-order chi connectivity index (χ0) is 21.0. The zero-order valence-electron chi connectivity index (χ0n) is 19.6. The van der Waals surface area contributed by atoms with Gasteiger partial charge in [-0.05, 0) is 90.4 Å². The van der Waals surface area contributed by atoms with Crippen LogP contribution in [0.2, 0.25) is 0 Å². The van der Waals surface area contributed by atoms with Gasteiger partial charge in [-0.25, -0.2) is 0 Å². The molecule has 1 fully saturated rings. The molecule has 6 atom stereocenters. The first kappa shape index (κ1) is 21.0. The summed E-state index contributed by atoms with van der Waals surface area (Å²) in [6.45, 7) is 14.7. The minimum atomic E-state index is 0.168. The maximum Gasteiger partial charge on any atom is 0.111 e. The summed E-state index contributed by atoms with van der Waals surface area (Å²) in [5.41, 5.74) is 5.36. The second kappa shape index (κ2) is 7.47. The Morgan fingerprint density at radius 3 is 2.52 bits per heavy atom. The maximum atomic E-state index is 10.0. The fourth-order valence-electron chi connectivity index (χ4n) is 7.18. The van der Waals surface area contributed by atoms with E-state index < -0.39 is 0 Å². The van der Waals surface area contributed by atoms with Crippen molar-refractivity contribution >= 4 is 0 Å². The van der Waals surface area contributed by atoms with E-state index in [1.165, 1.54) is 44.1 Å². The maximum absolute atomic E-state index is 10.0. The van der Waals surface area contributed by atoms with Crippen molar-refractivity contribution in [2.45, 2.75) is 86.5 Å². The molecule has 0 radical (unpaired) electrons. The molecule has 4 aliphatic carbocycles. The average molecular weight is 395 g/mol. The summed E-state index contributed by atoms with van der Waals surface area (Å²) in [4.78, 5) is 0. The molecule has 4 aliphatic rings. The van der Waals surface area contributed by atoms with Crippen LogP contribution in [0.5, 0.6) is 0 Å². The molecule has 1 saturated carbocycles. The fourth-order valence-corrected chi connectivity index (χ4v) is 7.18. The zero-order valence-corrected chi connectivity index (χ0v) is 19.6. The standard InChI is InChI=1S/C28H42O/c1-18(2)19(3)7-8-20(4)24-11-12-25-23-10-9-21-17-22(29)13-15-27(21,5)26(23)14-16-28(24,25)6/h9-10,13,17-20,24,26,29H,7-8,11-12,14-16H2,1-6H3/t19-,20+,24+,26-,27-,28+/m0/s1. The Hall–Kier alpha value is -1.24. The summed E-state index contributed by atoms with van der Waals surface area (Å²) in [7, 11) is 0. The average Bonchev–Trinajstić information content (AvgIpc) is 3.03. The SMILES string of the molecule is CC(C)[C@@H](C)CC[C@@H](C)[C@H]1CCC2=C3C=CC4=CC(O)=CC[C@]4(C)[C@H]3CC[C@@]21C. The van der Waals surface area contributed by atoms with E-state index in [0.717, 1.165) is 30.1 Å². The number of hydrogen-bond donors (Lipinski definition) is 1. The van der Waals surface area contributed by atoms with Gasteiger partial charge in [0.2, 0.25) is 0 Å². The van der Waals surface area contributed by atoms with Crippen LogP contribution in [0.3, 0.4) is 0 Å². The molecule has 0 aromatic carbocycles. The predicted octanol–water partition coefficient (Wildman–Crippen LogP) is 8.17. The van der Waals surface area contributed by atoms with Crippen LogP contribution in [0.4, 0.5) is 0 Å². The van der Waals surface area contributed by atoms with Gasteiger partial charge in [0.05, 0.1) is 0 Å². The Labute approximate surface area is 179 Å². The van der Waals surface area contributed by atoms with Crippen molar-refractivity contribution in [2.24, 2.45) is 40.4 Å². The fraction of sp³-hybridized carbons (Fsp3) is 0.714. The minimum Gasteiger partial charge on any atom is -0.508 e. The number of rotatable bonds is 5. The molecular weight excluding hydrogens is 352 g/mol. The lowest BCUT2D eigenvalue weighted by atomic mass is 9.54. The molecule has 29 heavy (non-hydrogen) atoms. The third-order valence-corrected chi connectivity index (χ3v) is 9.70. The molecule has 1 N–H and O–H groups in total. The van der Waals surface area contributed by atoms with Crippen LogP contribution in [-0.4, -0.2) is 5.11 Å². The van der Waals surface area contributed by atoms with Crippen molar-refractivity contribution in [1.82, 2.24) is 0 Å². The lowest BCUT2D eigenvalue weighted by Gasteiger charge is -2.50. The summed E-state index contributed by atoms with van der Waals surface area (Å²) >= 11 is 0. The Kier molecular flexibility index (Phi) is 5.41. The summed E-state index contributed by atoms with van der Waals surface area (Å²) in [5.74, 6) is 4.38. The highest BCUT2D eigenvalue weighted by atomic mass is 16.3. The summed E-state index contributed by atoms with van der Waals surface area (Å²) < 4.78 is 0. The molecule has 0 aromatic rings. The smallest absolute Gasteiger partial charge is 0.111 e. The Balaban J connectivity index is 1.59. The van der Waals surface area contributed by atoms with E-state index >= 15 is 0 Å². The molecule has 0 heterocycles. The van der Waals surface area contributed by atoms with E-state index in [4.69, 9.17) is 0 Å².